The van der Waals surface area contributed by atoms with Gasteiger partial charge in [0.2, 0.25) is 0 Å². The summed E-state index contributed by atoms with van der Waals surface area (Å²) in [5.74, 6) is -0.857. The van der Waals surface area contributed by atoms with Crippen molar-refractivity contribution >= 4 is 21.9 Å². The van der Waals surface area contributed by atoms with E-state index in [2.05, 4.69) is 15.9 Å². The molecule has 0 aliphatic carbocycles. The number of benzene rings is 1. The summed E-state index contributed by atoms with van der Waals surface area (Å²) in [4.78, 5) is 10.4. The van der Waals surface area contributed by atoms with Gasteiger partial charge in [-0.25, -0.2) is 0 Å². The Morgan fingerprint density at radius 1 is 1.57 bits per heavy atom. The van der Waals surface area contributed by atoms with Gasteiger partial charge in [0.05, 0.1) is 18.9 Å². The maximum atomic E-state index is 10.4. The first kappa shape index (κ1) is 10.7. The Morgan fingerprint density at radius 2 is 2.29 bits per heavy atom. The van der Waals surface area contributed by atoms with E-state index < -0.39 is 5.97 Å². The second kappa shape index (κ2) is 4.77. The molecule has 0 aromatic heterocycles. The van der Waals surface area contributed by atoms with E-state index in [1.807, 2.05) is 6.07 Å². The van der Waals surface area contributed by atoms with Gasteiger partial charge in [-0.2, -0.15) is 5.26 Å². The molecular weight excluding hydrogens is 246 g/mol. The lowest BCUT2D eigenvalue weighted by atomic mass is 10.1. The highest BCUT2D eigenvalue weighted by Gasteiger charge is 2.04. The van der Waals surface area contributed by atoms with Gasteiger partial charge < -0.3 is 5.11 Å². The van der Waals surface area contributed by atoms with Crippen LogP contribution in [0.2, 0.25) is 0 Å². The van der Waals surface area contributed by atoms with E-state index in [4.69, 9.17) is 10.4 Å². The van der Waals surface area contributed by atoms with Crippen molar-refractivity contribution in [2.45, 2.75) is 12.8 Å². The highest BCUT2D eigenvalue weighted by atomic mass is 79.9. The molecule has 0 radical (unpaired) electrons. The van der Waals surface area contributed by atoms with E-state index in [0.717, 1.165) is 15.6 Å². The molecule has 1 aromatic carbocycles. The third-order valence-corrected chi connectivity index (χ3v) is 2.48. The third kappa shape index (κ3) is 2.86. The molecule has 1 rings (SSSR count). The van der Waals surface area contributed by atoms with Crippen LogP contribution in [0.5, 0.6) is 0 Å². The van der Waals surface area contributed by atoms with Crippen molar-refractivity contribution in [2.75, 3.05) is 0 Å². The molecule has 1 aromatic rings. The first-order chi connectivity index (χ1) is 6.63. The molecule has 1 N–H and O–H groups in total. The lowest BCUT2D eigenvalue weighted by Gasteiger charge is -2.02. The minimum Gasteiger partial charge on any atom is -0.481 e. The van der Waals surface area contributed by atoms with Crippen molar-refractivity contribution in [1.29, 1.82) is 5.26 Å². The highest BCUT2D eigenvalue weighted by Crippen LogP contribution is 2.19. The summed E-state index contributed by atoms with van der Waals surface area (Å²) in [6.45, 7) is 0. The van der Waals surface area contributed by atoms with Gasteiger partial charge in [-0.3, -0.25) is 4.79 Å². The zero-order valence-electron chi connectivity index (χ0n) is 7.33. The number of halogens is 1. The number of rotatable bonds is 3. The molecule has 0 atom stereocenters. The fourth-order valence-electron chi connectivity index (χ4n) is 1.10. The monoisotopic (exact) mass is 253 g/mol. The topological polar surface area (TPSA) is 61.1 Å². The first-order valence-electron chi connectivity index (χ1n) is 3.99. The number of nitrogens with zero attached hydrogens (tertiary/aromatic N) is 1. The maximum absolute atomic E-state index is 10.4. The number of carboxylic acids is 1. The first-order valence-corrected chi connectivity index (χ1v) is 4.79. The summed E-state index contributed by atoms with van der Waals surface area (Å²) in [5, 5.41) is 17.1. The molecule has 0 aliphatic rings. The number of carbonyl (C=O) groups is 1. The van der Waals surface area contributed by atoms with Crippen molar-refractivity contribution in [3.05, 3.63) is 33.8 Å². The van der Waals surface area contributed by atoms with Gasteiger partial charge >= 0.3 is 5.97 Å². The molecule has 0 fully saturated rings. The number of carboxylic acid groups (broad SMARTS) is 1. The number of nitriles is 1. The van der Waals surface area contributed by atoms with E-state index >= 15 is 0 Å². The normalized spacial score (nSPS) is 9.43. The van der Waals surface area contributed by atoms with Crippen LogP contribution in [-0.2, 0) is 17.6 Å². The largest absolute Gasteiger partial charge is 0.481 e. The van der Waals surface area contributed by atoms with Crippen LogP contribution < -0.4 is 0 Å². The molecular formula is C10H8BrNO2. The van der Waals surface area contributed by atoms with Crippen LogP contribution in [0.25, 0.3) is 0 Å². The fourth-order valence-corrected chi connectivity index (χ4v) is 1.67. The molecule has 0 unspecified atom stereocenters. The van der Waals surface area contributed by atoms with Gasteiger partial charge in [-0.1, -0.05) is 28.1 Å². The van der Waals surface area contributed by atoms with Crippen LogP contribution in [0.1, 0.15) is 11.1 Å². The Bertz CT molecular complexity index is 396. The van der Waals surface area contributed by atoms with Crippen molar-refractivity contribution in [3.8, 4) is 6.07 Å². The molecule has 0 saturated carbocycles. The summed E-state index contributed by atoms with van der Waals surface area (Å²) < 4.78 is 0.790. The quantitative estimate of drug-likeness (QED) is 0.898. The lowest BCUT2D eigenvalue weighted by molar-refractivity contribution is -0.136. The van der Waals surface area contributed by atoms with Crippen molar-refractivity contribution in [1.82, 2.24) is 0 Å². The van der Waals surface area contributed by atoms with Crippen LogP contribution in [0, 0.1) is 11.3 Å². The average molecular weight is 254 g/mol. The van der Waals surface area contributed by atoms with Crippen LogP contribution in [0.4, 0.5) is 0 Å². The van der Waals surface area contributed by atoms with E-state index in [9.17, 15) is 4.79 Å². The molecule has 72 valence electrons. The smallest absolute Gasteiger partial charge is 0.307 e. The van der Waals surface area contributed by atoms with Crippen molar-refractivity contribution in [3.63, 3.8) is 0 Å². The van der Waals surface area contributed by atoms with E-state index in [0.29, 0.717) is 6.42 Å². The SMILES string of the molecule is N#CCc1ccc(CC(=O)O)cc1Br. The molecule has 3 nitrogen and oxygen atoms in total. The lowest BCUT2D eigenvalue weighted by Crippen LogP contribution is -2.00. The molecule has 14 heavy (non-hydrogen) atoms. The maximum Gasteiger partial charge on any atom is 0.307 e. The van der Waals surface area contributed by atoms with Crippen LogP contribution in [0.3, 0.4) is 0 Å². The Hall–Kier alpha value is -1.34. The summed E-state index contributed by atoms with van der Waals surface area (Å²) in [5.41, 5.74) is 1.60. The Balaban J connectivity index is 2.90. The second-order valence-electron chi connectivity index (χ2n) is 2.83. The van der Waals surface area contributed by atoms with Crippen molar-refractivity contribution in [2.24, 2.45) is 0 Å². The highest BCUT2D eigenvalue weighted by molar-refractivity contribution is 9.10. The summed E-state index contributed by atoms with van der Waals surface area (Å²) >= 11 is 3.29. The predicted molar refractivity (Wildman–Crippen MR) is 54.8 cm³/mol. The van der Waals surface area contributed by atoms with Gasteiger partial charge in [0.15, 0.2) is 0 Å². The zero-order valence-corrected chi connectivity index (χ0v) is 8.91. The van der Waals surface area contributed by atoms with E-state index in [-0.39, 0.29) is 6.42 Å². The Morgan fingerprint density at radius 3 is 2.79 bits per heavy atom. The Labute approximate surface area is 90.1 Å². The number of hydrogen-bond donors (Lipinski definition) is 1. The summed E-state index contributed by atoms with van der Waals surface area (Å²) in [6, 6.07) is 7.27. The molecule has 0 spiro atoms. The second-order valence-corrected chi connectivity index (χ2v) is 3.69. The fraction of sp³-hybridized carbons (Fsp3) is 0.200. The van der Waals surface area contributed by atoms with Gasteiger partial charge in [0.25, 0.3) is 0 Å². The molecule has 0 amide bonds. The minimum absolute atomic E-state index is 0.00539. The molecule has 4 heteroatoms. The van der Waals surface area contributed by atoms with E-state index in [1.165, 1.54) is 0 Å². The molecule has 0 aliphatic heterocycles. The summed E-state index contributed by atoms with van der Waals surface area (Å²) in [7, 11) is 0. The number of aliphatic carboxylic acids is 1. The molecule has 0 heterocycles. The van der Waals surface area contributed by atoms with Gasteiger partial charge in [-0.15, -0.1) is 0 Å². The van der Waals surface area contributed by atoms with Crippen LogP contribution in [-0.4, -0.2) is 11.1 Å². The minimum atomic E-state index is -0.857. The van der Waals surface area contributed by atoms with Gasteiger partial charge in [0, 0.05) is 4.47 Å². The summed E-state index contributed by atoms with van der Waals surface area (Å²) in [6.07, 6.45) is 0.333. The van der Waals surface area contributed by atoms with Crippen LogP contribution >= 0.6 is 15.9 Å². The van der Waals surface area contributed by atoms with Crippen LogP contribution in [0.15, 0.2) is 22.7 Å². The van der Waals surface area contributed by atoms with Crippen molar-refractivity contribution < 1.29 is 9.90 Å². The predicted octanol–water partition coefficient (Wildman–Crippen LogP) is 2.14. The van der Waals surface area contributed by atoms with Gasteiger partial charge in [0.1, 0.15) is 0 Å². The number of hydrogen-bond acceptors (Lipinski definition) is 2. The molecule has 0 saturated heterocycles. The molecule has 0 bridgehead atoms. The average Bonchev–Trinajstić information content (AvgIpc) is 2.09. The van der Waals surface area contributed by atoms with E-state index in [1.54, 1.807) is 18.2 Å². The third-order valence-electron chi connectivity index (χ3n) is 1.74. The standard InChI is InChI=1S/C10H8BrNO2/c11-9-5-7(6-10(13)14)1-2-8(9)3-4-12/h1-2,5H,3,6H2,(H,13,14). The van der Waals surface area contributed by atoms with Gasteiger partial charge in [-0.05, 0) is 17.2 Å². The zero-order chi connectivity index (χ0) is 10.6. The Kier molecular flexibility index (Phi) is 3.66.